The van der Waals surface area contributed by atoms with Crippen molar-refractivity contribution in [1.29, 1.82) is 0 Å². The van der Waals surface area contributed by atoms with Crippen LogP contribution in [0.5, 0.6) is 0 Å². The van der Waals surface area contributed by atoms with Crippen molar-refractivity contribution < 1.29 is 0 Å². The lowest BCUT2D eigenvalue weighted by atomic mass is 10.0. The summed E-state index contributed by atoms with van der Waals surface area (Å²) in [6, 6.07) is 0. The monoisotopic (exact) mass is 162 g/mol. The van der Waals surface area contributed by atoms with Gasteiger partial charge in [-0.3, -0.25) is 0 Å². The van der Waals surface area contributed by atoms with Gasteiger partial charge in [-0.25, -0.2) is 0 Å². The highest BCUT2D eigenvalue weighted by Crippen LogP contribution is 2.31. The molecule has 1 aliphatic carbocycles. The molecule has 0 N–H and O–H groups in total. The lowest BCUT2D eigenvalue weighted by Crippen LogP contribution is -1.84. The Morgan fingerprint density at radius 1 is 1.58 bits per heavy atom. The largest absolute Gasteiger partial charge is 0.0835 e. The fraction of sp³-hybridized carbons (Fsp3) is 0.500. The molecule has 1 rings (SSSR count). The first kappa shape index (κ1) is 9.31. The van der Waals surface area contributed by atoms with Crippen molar-refractivity contribution >= 4 is 0 Å². The molecule has 0 heterocycles. The van der Waals surface area contributed by atoms with Gasteiger partial charge in [0.25, 0.3) is 0 Å². The summed E-state index contributed by atoms with van der Waals surface area (Å²) in [5, 5.41) is 0. The summed E-state index contributed by atoms with van der Waals surface area (Å²) in [6.45, 7) is 8.79. The van der Waals surface area contributed by atoms with Crippen LogP contribution < -0.4 is 0 Å². The van der Waals surface area contributed by atoms with Crippen LogP contribution in [0.15, 0.2) is 34.4 Å². The second kappa shape index (κ2) is 3.75. The van der Waals surface area contributed by atoms with Crippen molar-refractivity contribution in [2.24, 2.45) is 0 Å². The molecule has 0 bridgehead atoms. The Hall–Kier alpha value is -0.780. The zero-order chi connectivity index (χ0) is 9.14. The Morgan fingerprint density at radius 2 is 2.25 bits per heavy atom. The minimum absolute atomic E-state index is 1.16. The molecular formula is C12H18. The maximum Gasteiger partial charge on any atom is -0.00639 e. The van der Waals surface area contributed by atoms with Crippen molar-refractivity contribution in [3.05, 3.63) is 34.4 Å². The van der Waals surface area contributed by atoms with Crippen LogP contribution in [0.3, 0.4) is 0 Å². The van der Waals surface area contributed by atoms with E-state index in [1.807, 2.05) is 0 Å². The molecule has 0 unspecified atom stereocenters. The molecule has 66 valence electrons. The lowest BCUT2D eigenvalue weighted by Gasteiger charge is -2.03. The highest BCUT2D eigenvalue weighted by atomic mass is 14.2. The van der Waals surface area contributed by atoms with Crippen LogP contribution in [-0.4, -0.2) is 0 Å². The molecular weight excluding hydrogens is 144 g/mol. The Bertz CT molecular complexity index is 262. The molecule has 12 heavy (non-hydrogen) atoms. The van der Waals surface area contributed by atoms with E-state index in [-0.39, 0.29) is 0 Å². The maximum atomic E-state index is 2.33. The minimum atomic E-state index is 1.16. The fourth-order valence-electron chi connectivity index (χ4n) is 1.63. The van der Waals surface area contributed by atoms with Crippen LogP contribution in [0.2, 0.25) is 0 Å². The van der Waals surface area contributed by atoms with E-state index in [4.69, 9.17) is 0 Å². The highest BCUT2D eigenvalue weighted by molar-refractivity contribution is 5.51. The van der Waals surface area contributed by atoms with E-state index in [1.165, 1.54) is 22.3 Å². The Labute approximate surface area is 75.7 Å². The molecule has 0 aliphatic heterocycles. The summed E-state index contributed by atoms with van der Waals surface area (Å²) in [5.74, 6) is 0. The molecule has 0 saturated heterocycles. The second-order valence-electron chi connectivity index (χ2n) is 3.53. The summed E-state index contributed by atoms with van der Waals surface area (Å²) >= 11 is 0. The summed E-state index contributed by atoms with van der Waals surface area (Å²) in [6.07, 6.45) is 6.88. The van der Waals surface area contributed by atoms with Gasteiger partial charge in [-0.05, 0) is 44.8 Å². The molecule has 0 heteroatoms. The van der Waals surface area contributed by atoms with Crippen molar-refractivity contribution in [2.75, 3.05) is 0 Å². The molecule has 0 aromatic heterocycles. The van der Waals surface area contributed by atoms with E-state index < -0.39 is 0 Å². The van der Waals surface area contributed by atoms with Crippen LogP contribution in [0.25, 0.3) is 0 Å². The number of rotatable bonds is 1. The quantitative estimate of drug-likeness (QED) is 0.546. The van der Waals surface area contributed by atoms with Crippen LogP contribution in [-0.2, 0) is 0 Å². The van der Waals surface area contributed by atoms with Crippen LogP contribution >= 0.6 is 0 Å². The lowest BCUT2D eigenvalue weighted by molar-refractivity contribution is 1.07. The Kier molecular flexibility index (Phi) is 2.91. The molecule has 0 radical (unpaired) electrons. The molecule has 0 aromatic carbocycles. The summed E-state index contributed by atoms with van der Waals surface area (Å²) in [4.78, 5) is 0. The van der Waals surface area contributed by atoms with Crippen molar-refractivity contribution in [2.45, 2.75) is 40.5 Å². The molecule has 0 nitrogen and oxygen atoms in total. The molecule has 0 spiro atoms. The van der Waals surface area contributed by atoms with Crippen LogP contribution in [0, 0.1) is 0 Å². The van der Waals surface area contributed by atoms with Gasteiger partial charge >= 0.3 is 0 Å². The van der Waals surface area contributed by atoms with Gasteiger partial charge in [-0.1, -0.05) is 30.2 Å². The predicted molar refractivity (Wildman–Crippen MR) is 55.1 cm³/mol. The molecule has 1 aliphatic rings. The van der Waals surface area contributed by atoms with Gasteiger partial charge in [0.1, 0.15) is 0 Å². The fourth-order valence-corrected chi connectivity index (χ4v) is 1.63. The van der Waals surface area contributed by atoms with Crippen LogP contribution in [0.4, 0.5) is 0 Å². The molecule has 0 fully saturated rings. The Balaban J connectivity index is 3.04. The maximum absolute atomic E-state index is 2.33. The van der Waals surface area contributed by atoms with Gasteiger partial charge < -0.3 is 0 Å². The van der Waals surface area contributed by atoms with Crippen molar-refractivity contribution in [3.63, 3.8) is 0 Å². The van der Waals surface area contributed by atoms with E-state index in [0.29, 0.717) is 0 Å². The summed E-state index contributed by atoms with van der Waals surface area (Å²) in [5.41, 5.74) is 6.00. The molecule has 0 saturated carbocycles. The molecule has 0 atom stereocenters. The first-order valence-corrected chi connectivity index (χ1v) is 4.71. The van der Waals surface area contributed by atoms with E-state index >= 15 is 0 Å². The predicted octanol–water partition coefficient (Wildman–Crippen LogP) is 4.01. The van der Waals surface area contributed by atoms with Gasteiger partial charge in [0.2, 0.25) is 0 Å². The third kappa shape index (κ3) is 1.69. The van der Waals surface area contributed by atoms with Gasteiger partial charge in [0.05, 0.1) is 0 Å². The highest BCUT2D eigenvalue weighted by Gasteiger charge is 2.12. The molecule has 0 aromatic rings. The normalized spacial score (nSPS) is 24.7. The number of hydrogen-bond acceptors (Lipinski definition) is 0. The van der Waals surface area contributed by atoms with Gasteiger partial charge in [0, 0.05) is 0 Å². The first-order valence-electron chi connectivity index (χ1n) is 4.71. The number of allylic oxidation sites excluding steroid dienone is 6. The summed E-state index contributed by atoms with van der Waals surface area (Å²) in [7, 11) is 0. The average Bonchev–Trinajstić information content (AvgIpc) is 2.45. The first-order chi connectivity index (χ1) is 5.69. The van der Waals surface area contributed by atoms with Crippen LogP contribution in [0.1, 0.15) is 40.5 Å². The minimum Gasteiger partial charge on any atom is -0.0835 e. The third-order valence-corrected chi connectivity index (χ3v) is 2.54. The van der Waals surface area contributed by atoms with Crippen molar-refractivity contribution in [1.82, 2.24) is 0 Å². The molecule has 0 amide bonds. The SMILES string of the molecule is C/C=C1/CC(C)=C/C1=C(/C)CC. The topological polar surface area (TPSA) is 0 Å². The van der Waals surface area contributed by atoms with Crippen molar-refractivity contribution in [3.8, 4) is 0 Å². The van der Waals surface area contributed by atoms with Gasteiger partial charge in [-0.2, -0.15) is 0 Å². The Morgan fingerprint density at radius 3 is 2.75 bits per heavy atom. The van der Waals surface area contributed by atoms with E-state index in [9.17, 15) is 0 Å². The zero-order valence-corrected chi connectivity index (χ0v) is 8.57. The second-order valence-corrected chi connectivity index (χ2v) is 3.53. The van der Waals surface area contributed by atoms with Gasteiger partial charge in [-0.15, -0.1) is 0 Å². The van der Waals surface area contributed by atoms with E-state index in [1.54, 1.807) is 0 Å². The number of hydrogen-bond donors (Lipinski definition) is 0. The smallest absolute Gasteiger partial charge is 0.00639 e. The third-order valence-electron chi connectivity index (χ3n) is 2.54. The zero-order valence-electron chi connectivity index (χ0n) is 8.57. The average molecular weight is 162 g/mol. The van der Waals surface area contributed by atoms with E-state index in [2.05, 4.69) is 39.8 Å². The van der Waals surface area contributed by atoms with Gasteiger partial charge in [0.15, 0.2) is 0 Å². The standard InChI is InChI=1S/C12H18/c1-5-10(4)12-8-9(3)7-11(12)6-2/h6,8H,5,7H2,1-4H3/b11-6-,12-10+. The summed E-state index contributed by atoms with van der Waals surface area (Å²) < 4.78 is 0. The van der Waals surface area contributed by atoms with E-state index in [0.717, 1.165) is 12.8 Å².